The highest BCUT2D eigenvalue weighted by Gasteiger charge is 2.21. The summed E-state index contributed by atoms with van der Waals surface area (Å²) in [7, 11) is 1.53. The van der Waals surface area contributed by atoms with E-state index in [0.717, 1.165) is 5.56 Å². The third-order valence-corrected chi connectivity index (χ3v) is 3.32. The molecule has 86 valence electrons. The second kappa shape index (κ2) is 5.43. The Balaban J connectivity index is 3.27. The van der Waals surface area contributed by atoms with Crippen molar-refractivity contribution in [1.29, 1.82) is 5.26 Å². The Labute approximate surface area is 106 Å². The van der Waals surface area contributed by atoms with Crippen molar-refractivity contribution in [2.45, 2.75) is 19.8 Å². The van der Waals surface area contributed by atoms with Crippen LogP contribution in [-0.4, -0.2) is 7.11 Å². The molecule has 0 heterocycles. The number of benzene rings is 1. The summed E-state index contributed by atoms with van der Waals surface area (Å²) in [5.41, 5.74) is 0.755. The number of nitriles is 1. The molecular weight excluding hydrogens is 245 g/mol. The van der Waals surface area contributed by atoms with Gasteiger partial charge in [0.15, 0.2) is 0 Å². The number of nitrogens with zero attached hydrogens (tertiary/aromatic N) is 1. The molecule has 4 heteroatoms. The normalized spacial score (nSPS) is 12.3. The zero-order valence-electron chi connectivity index (χ0n) is 9.42. The van der Waals surface area contributed by atoms with Gasteiger partial charge in [0.05, 0.1) is 24.1 Å². The summed E-state index contributed by atoms with van der Waals surface area (Å²) >= 11 is 12.2. The summed E-state index contributed by atoms with van der Waals surface area (Å²) in [6, 6.07) is 5.76. The SMILES string of the molecule is COc1ccc(C(C#N)C(C)C)c(Cl)c1Cl. The topological polar surface area (TPSA) is 33.0 Å². The lowest BCUT2D eigenvalue weighted by Gasteiger charge is -2.16. The van der Waals surface area contributed by atoms with Crippen molar-refractivity contribution >= 4 is 23.2 Å². The van der Waals surface area contributed by atoms with Crippen LogP contribution in [0.1, 0.15) is 25.3 Å². The van der Waals surface area contributed by atoms with Gasteiger partial charge in [-0.2, -0.15) is 5.26 Å². The van der Waals surface area contributed by atoms with Gasteiger partial charge in [0.1, 0.15) is 10.8 Å². The van der Waals surface area contributed by atoms with Gasteiger partial charge >= 0.3 is 0 Å². The van der Waals surface area contributed by atoms with Gasteiger partial charge in [-0.3, -0.25) is 0 Å². The molecule has 0 aliphatic carbocycles. The van der Waals surface area contributed by atoms with Crippen LogP contribution in [0.3, 0.4) is 0 Å². The average Bonchev–Trinajstić information content (AvgIpc) is 2.25. The average molecular weight is 258 g/mol. The maximum Gasteiger partial charge on any atom is 0.138 e. The predicted octanol–water partition coefficient (Wildman–Crippen LogP) is 4.27. The van der Waals surface area contributed by atoms with E-state index in [1.54, 1.807) is 12.1 Å². The Morgan fingerprint density at radius 1 is 1.25 bits per heavy atom. The molecule has 1 unspecified atom stereocenters. The second-order valence-corrected chi connectivity index (χ2v) is 4.59. The smallest absolute Gasteiger partial charge is 0.138 e. The maximum atomic E-state index is 9.11. The second-order valence-electron chi connectivity index (χ2n) is 3.84. The molecule has 1 atom stereocenters. The van der Waals surface area contributed by atoms with E-state index in [-0.39, 0.29) is 11.8 Å². The summed E-state index contributed by atoms with van der Waals surface area (Å²) in [5.74, 6) is 0.457. The van der Waals surface area contributed by atoms with Gasteiger partial charge in [0.2, 0.25) is 0 Å². The summed E-state index contributed by atoms with van der Waals surface area (Å²) in [6.45, 7) is 3.95. The molecule has 0 aliphatic heterocycles. The molecule has 0 saturated heterocycles. The maximum absolute atomic E-state index is 9.11. The van der Waals surface area contributed by atoms with Crippen LogP contribution >= 0.6 is 23.2 Å². The molecule has 0 amide bonds. The molecule has 0 bridgehead atoms. The zero-order valence-corrected chi connectivity index (χ0v) is 10.9. The molecular formula is C12H13Cl2NO. The van der Waals surface area contributed by atoms with Gasteiger partial charge < -0.3 is 4.74 Å². The number of hydrogen-bond acceptors (Lipinski definition) is 2. The molecule has 16 heavy (non-hydrogen) atoms. The van der Waals surface area contributed by atoms with Gasteiger partial charge in [0, 0.05) is 0 Å². The lowest BCUT2D eigenvalue weighted by atomic mass is 9.90. The number of halogens is 2. The van der Waals surface area contributed by atoms with E-state index in [1.807, 2.05) is 13.8 Å². The number of ether oxygens (including phenoxy) is 1. The monoisotopic (exact) mass is 257 g/mol. The largest absolute Gasteiger partial charge is 0.495 e. The van der Waals surface area contributed by atoms with E-state index in [2.05, 4.69) is 6.07 Å². The van der Waals surface area contributed by atoms with Crippen LogP contribution in [-0.2, 0) is 0 Å². The summed E-state index contributed by atoms with van der Waals surface area (Å²) in [5, 5.41) is 9.88. The van der Waals surface area contributed by atoms with E-state index in [1.165, 1.54) is 7.11 Å². The standard InChI is InChI=1S/C12H13Cl2NO/c1-7(2)9(6-15)8-4-5-10(16-3)12(14)11(8)13/h4-5,7,9H,1-3H3. The third-order valence-electron chi connectivity index (χ3n) is 2.44. The van der Waals surface area contributed by atoms with E-state index in [9.17, 15) is 0 Å². The Morgan fingerprint density at radius 3 is 2.31 bits per heavy atom. The molecule has 0 radical (unpaired) electrons. The van der Waals surface area contributed by atoms with Gasteiger partial charge in [-0.15, -0.1) is 0 Å². The fourth-order valence-electron chi connectivity index (χ4n) is 1.52. The Hall–Kier alpha value is -0.910. The van der Waals surface area contributed by atoms with E-state index in [0.29, 0.717) is 15.8 Å². The van der Waals surface area contributed by atoms with Crippen LogP contribution in [0.15, 0.2) is 12.1 Å². The first kappa shape index (κ1) is 13.2. The summed E-state index contributed by atoms with van der Waals surface area (Å²) in [4.78, 5) is 0. The van der Waals surface area contributed by atoms with Crippen LogP contribution in [0.25, 0.3) is 0 Å². The minimum absolute atomic E-state index is 0.187. The first-order valence-electron chi connectivity index (χ1n) is 4.94. The van der Waals surface area contributed by atoms with Crippen molar-refractivity contribution in [2.75, 3.05) is 7.11 Å². The van der Waals surface area contributed by atoms with Crippen molar-refractivity contribution in [2.24, 2.45) is 5.92 Å². The van der Waals surface area contributed by atoms with Crippen LogP contribution in [0.4, 0.5) is 0 Å². The highest BCUT2D eigenvalue weighted by Crippen LogP contribution is 2.39. The summed E-state index contributed by atoms with van der Waals surface area (Å²) in [6.07, 6.45) is 0. The Morgan fingerprint density at radius 2 is 1.88 bits per heavy atom. The van der Waals surface area contributed by atoms with Gasteiger partial charge in [-0.05, 0) is 17.5 Å². The lowest BCUT2D eigenvalue weighted by molar-refractivity contribution is 0.414. The first-order valence-corrected chi connectivity index (χ1v) is 5.70. The first-order chi connectivity index (χ1) is 7.52. The quantitative estimate of drug-likeness (QED) is 0.811. The third kappa shape index (κ3) is 2.42. The number of rotatable bonds is 3. The molecule has 0 N–H and O–H groups in total. The minimum Gasteiger partial charge on any atom is -0.495 e. The molecule has 1 aromatic rings. The molecule has 0 aliphatic rings. The van der Waals surface area contributed by atoms with Gasteiger partial charge in [-0.1, -0.05) is 43.1 Å². The molecule has 1 rings (SSSR count). The molecule has 0 spiro atoms. The Kier molecular flexibility index (Phi) is 4.46. The van der Waals surface area contributed by atoms with Crippen molar-refractivity contribution in [3.05, 3.63) is 27.7 Å². The Bertz CT molecular complexity index is 424. The molecule has 0 fully saturated rings. The molecule has 1 aromatic carbocycles. The van der Waals surface area contributed by atoms with Crippen molar-refractivity contribution in [3.63, 3.8) is 0 Å². The van der Waals surface area contributed by atoms with Gasteiger partial charge in [-0.25, -0.2) is 0 Å². The predicted molar refractivity (Wildman–Crippen MR) is 66.2 cm³/mol. The molecule has 2 nitrogen and oxygen atoms in total. The van der Waals surface area contributed by atoms with Gasteiger partial charge in [0.25, 0.3) is 0 Å². The lowest BCUT2D eigenvalue weighted by Crippen LogP contribution is -2.05. The van der Waals surface area contributed by atoms with Crippen molar-refractivity contribution < 1.29 is 4.74 Å². The van der Waals surface area contributed by atoms with Crippen LogP contribution in [0.5, 0.6) is 5.75 Å². The molecule has 0 saturated carbocycles. The van der Waals surface area contributed by atoms with Crippen molar-refractivity contribution in [3.8, 4) is 11.8 Å². The minimum atomic E-state index is -0.254. The zero-order chi connectivity index (χ0) is 12.3. The fraction of sp³-hybridized carbons (Fsp3) is 0.417. The van der Waals surface area contributed by atoms with E-state index in [4.69, 9.17) is 33.2 Å². The van der Waals surface area contributed by atoms with Crippen LogP contribution in [0, 0.1) is 17.2 Å². The highest BCUT2D eigenvalue weighted by molar-refractivity contribution is 6.43. The summed E-state index contributed by atoms with van der Waals surface area (Å²) < 4.78 is 5.06. The number of hydrogen-bond donors (Lipinski definition) is 0. The highest BCUT2D eigenvalue weighted by atomic mass is 35.5. The van der Waals surface area contributed by atoms with Crippen LogP contribution in [0.2, 0.25) is 10.0 Å². The van der Waals surface area contributed by atoms with Crippen LogP contribution < -0.4 is 4.74 Å². The van der Waals surface area contributed by atoms with E-state index >= 15 is 0 Å². The number of methoxy groups -OCH3 is 1. The van der Waals surface area contributed by atoms with Crippen molar-refractivity contribution in [1.82, 2.24) is 0 Å². The molecule has 0 aromatic heterocycles. The van der Waals surface area contributed by atoms with E-state index < -0.39 is 0 Å². The fourth-order valence-corrected chi connectivity index (χ4v) is 2.05.